The summed E-state index contributed by atoms with van der Waals surface area (Å²) in [4.78, 5) is 29.3. The summed E-state index contributed by atoms with van der Waals surface area (Å²) in [5, 5.41) is 0.692. The summed E-state index contributed by atoms with van der Waals surface area (Å²) >= 11 is 11.5. The van der Waals surface area contributed by atoms with Crippen molar-refractivity contribution in [3.8, 4) is 0 Å². The van der Waals surface area contributed by atoms with Crippen LogP contribution in [0.2, 0.25) is 5.02 Å². The van der Waals surface area contributed by atoms with E-state index in [1.807, 2.05) is 36.4 Å². The molecule has 6 heteroatoms. The fourth-order valence-electron chi connectivity index (χ4n) is 3.06. The average Bonchev–Trinajstić information content (AvgIpc) is 2.74. The zero-order valence-corrected chi connectivity index (χ0v) is 16.7. The SMILES string of the molecule is O=C1C(=Cc2ccc(Cl)cc2)C(=O)N(c2ccccc2)C(=S)N1c1ccccc1. The second-order valence-corrected chi connectivity index (χ2v) is 7.15. The van der Waals surface area contributed by atoms with Gasteiger partial charge in [0.1, 0.15) is 5.57 Å². The van der Waals surface area contributed by atoms with Gasteiger partial charge in [-0.25, -0.2) is 0 Å². The summed E-state index contributed by atoms with van der Waals surface area (Å²) < 4.78 is 0. The Balaban J connectivity index is 1.86. The second kappa shape index (κ2) is 7.99. The zero-order chi connectivity index (χ0) is 20.4. The van der Waals surface area contributed by atoms with Gasteiger partial charge < -0.3 is 0 Å². The van der Waals surface area contributed by atoms with Crippen molar-refractivity contribution in [1.82, 2.24) is 0 Å². The highest BCUT2D eigenvalue weighted by Gasteiger charge is 2.41. The monoisotopic (exact) mass is 418 g/mol. The van der Waals surface area contributed by atoms with Crippen molar-refractivity contribution in [3.05, 3.63) is 101 Å². The van der Waals surface area contributed by atoms with E-state index in [2.05, 4.69) is 0 Å². The highest BCUT2D eigenvalue weighted by Crippen LogP contribution is 2.29. The van der Waals surface area contributed by atoms with Gasteiger partial charge in [0, 0.05) is 5.02 Å². The number of thiocarbonyl (C=S) groups is 1. The van der Waals surface area contributed by atoms with E-state index in [-0.39, 0.29) is 10.7 Å². The average molecular weight is 419 g/mol. The molecular formula is C23H15ClN2O2S. The van der Waals surface area contributed by atoms with Gasteiger partial charge in [0.2, 0.25) is 0 Å². The van der Waals surface area contributed by atoms with Crippen LogP contribution in [0, 0.1) is 0 Å². The molecule has 29 heavy (non-hydrogen) atoms. The molecule has 0 bridgehead atoms. The number of rotatable bonds is 3. The fraction of sp³-hybridized carbons (Fsp3) is 0. The van der Waals surface area contributed by atoms with E-state index in [1.165, 1.54) is 9.80 Å². The van der Waals surface area contributed by atoms with Crippen LogP contribution in [0.1, 0.15) is 5.56 Å². The topological polar surface area (TPSA) is 40.6 Å². The smallest absolute Gasteiger partial charge is 0.268 e. The molecule has 0 radical (unpaired) electrons. The Morgan fingerprint density at radius 2 is 1.14 bits per heavy atom. The van der Waals surface area contributed by atoms with Crippen molar-refractivity contribution in [3.63, 3.8) is 0 Å². The first-order chi connectivity index (χ1) is 14.1. The predicted molar refractivity (Wildman–Crippen MR) is 120 cm³/mol. The quantitative estimate of drug-likeness (QED) is 0.338. The van der Waals surface area contributed by atoms with Crippen molar-refractivity contribution in [2.24, 2.45) is 0 Å². The third-order valence-corrected chi connectivity index (χ3v) is 5.08. The summed E-state index contributed by atoms with van der Waals surface area (Å²) in [5.74, 6) is -0.929. The number of hydrogen-bond donors (Lipinski definition) is 0. The minimum absolute atomic E-state index is 0.0219. The molecule has 4 nitrogen and oxygen atoms in total. The molecule has 0 unspecified atom stereocenters. The van der Waals surface area contributed by atoms with Gasteiger partial charge in [0.15, 0.2) is 5.11 Å². The van der Waals surface area contributed by atoms with Crippen LogP contribution in [-0.4, -0.2) is 16.9 Å². The molecule has 0 aromatic heterocycles. The van der Waals surface area contributed by atoms with Crippen LogP contribution < -0.4 is 9.80 Å². The number of para-hydroxylation sites is 2. The lowest BCUT2D eigenvalue weighted by molar-refractivity contribution is -0.120. The standard InChI is InChI=1S/C23H15ClN2O2S/c24-17-13-11-16(12-14-17)15-20-21(27)25(18-7-3-1-4-8-18)23(29)26(22(20)28)19-9-5-2-6-10-19/h1-15H. The molecule has 1 aliphatic heterocycles. The van der Waals surface area contributed by atoms with Gasteiger partial charge in [0.25, 0.3) is 11.8 Å². The second-order valence-electron chi connectivity index (χ2n) is 6.34. The van der Waals surface area contributed by atoms with E-state index in [0.717, 1.165) is 0 Å². The van der Waals surface area contributed by atoms with Gasteiger partial charge in [0.05, 0.1) is 11.4 Å². The first kappa shape index (κ1) is 19.1. The van der Waals surface area contributed by atoms with Crippen LogP contribution in [0.4, 0.5) is 11.4 Å². The van der Waals surface area contributed by atoms with E-state index in [0.29, 0.717) is 22.0 Å². The lowest BCUT2D eigenvalue weighted by atomic mass is 10.0. The van der Waals surface area contributed by atoms with Crippen LogP contribution >= 0.6 is 23.8 Å². The molecule has 1 fully saturated rings. The minimum Gasteiger partial charge on any atom is -0.268 e. The minimum atomic E-state index is -0.465. The number of carbonyl (C=O) groups excluding carboxylic acids is 2. The lowest BCUT2D eigenvalue weighted by Gasteiger charge is -2.36. The molecule has 1 saturated heterocycles. The maximum absolute atomic E-state index is 13.3. The van der Waals surface area contributed by atoms with Crippen LogP contribution in [0.15, 0.2) is 90.5 Å². The lowest BCUT2D eigenvalue weighted by Crippen LogP contribution is -2.56. The van der Waals surface area contributed by atoms with E-state index >= 15 is 0 Å². The molecule has 0 atom stereocenters. The Bertz CT molecular complexity index is 1050. The van der Waals surface area contributed by atoms with Gasteiger partial charge in [-0.3, -0.25) is 19.4 Å². The first-order valence-corrected chi connectivity index (χ1v) is 9.65. The van der Waals surface area contributed by atoms with E-state index in [1.54, 1.807) is 54.6 Å². The number of halogens is 1. The molecule has 0 saturated carbocycles. The molecule has 0 N–H and O–H groups in total. The van der Waals surface area contributed by atoms with Crippen molar-refractivity contribution < 1.29 is 9.59 Å². The zero-order valence-electron chi connectivity index (χ0n) is 15.2. The van der Waals surface area contributed by atoms with Crippen molar-refractivity contribution in [1.29, 1.82) is 0 Å². The molecule has 1 heterocycles. The molecule has 3 aromatic carbocycles. The van der Waals surface area contributed by atoms with Crippen LogP contribution in [0.3, 0.4) is 0 Å². The van der Waals surface area contributed by atoms with Gasteiger partial charge in [-0.2, -0.15) is 0 Å². The van der Waals surface area contributed by atoms with Crippen LogP contribution in [0.5, 0.6) is 0 Å². The van der Waals surface area contributed by atoms with E-state index in [4.69, 9.17) is 23.8 Å². The number of nitrogens with zero attached hydrogens (tertiary/aromatic N) is 2. The Kier molecular flexibility index (Phi) is 5.25. The molecule has 142 valence electrons. The van der Waals surface area contributed by atoms with Crippen molar-refractivity contribution >= 4 is 58.2 Å². The number of amides is 2. The third-order valence-electron chi connectivity index (χ3n) is 4.46. The summed E-state index contributed by atoms with van der Waals surface area (Å²) in [6.45, 7) is 0. The molecule has 0 aliphatic carbocycles. The maximum Gasteiger partial charge on any atom is 0.270 e. The highest BCUT2D eigenvalue weighted by molar-refractivity contribution is 7.81. The maximum atomic E-state index is 13.3. The van der Waals surface area contributed by atoms with Crippen LogP contribution in [-0.2, 0) is 9.59 Å². The summed E-state index contributed by atoms with van der Waals surface area (Å²) in [6, 6.07) is 25.0. The van der Waals surface area contributed by atoms with Crippen LogP contribution in [0.25, 0.3) is 6.08 Å². The Morgan fingerprint density at radius 3 is 1.59 bits per heavy atom. The molecule has 3 aromatic rings. The normalized spacial score (nSPS) is 14.4. The fourth-order valence-corrected chi connectivity index (χ4v) is 3.57. The summed E-state index contributed by atoms with van der Waals surface area (Å²) in [5.41, 5.74) is 1.91. The van der Waals surface area contributed by atoms with Gasteiger partial charge in [-0.15, -0.1) is 0 Å². The third kappa shape index (κ3) is 3.70. The summed E-state index contributed by atoms with van der Waals surface area (Å²) in [7, 11) is 0. The highest BCUT2D eigenvalue weighted by atomic mass is 35.5. The summed E-state index contributed by atoms with van der Waals surface area (Å²) in [6.07, 6.45) is 1.56. The molecular weight excluding hydrogens is 404 g/mol. The number of carbonyl (C=O) groups is 2. The largest absolute Gasteiger partial charge is 0.270 e. The Labute approximate surface area is 178 Å². The molecule has 4 rings (SSSR count). The Hall–Kier alpha value is -3.28. The first-order valence-electron chi connectivity index (χ1n) is 8.86. The Morgan fingerprint density at radius 1 is 0.690 bits per heavy atom. The van der Waals surface area contributed by atoms with Crippen molar-refractivity contribution in [2.45, 2.75) is 0 Å². The van der Waals surface area contributed by atoms with E-state index < -0.39 is 11.8 Å². The number of hydrogen-bond acceptors (Lipinski definition) is 3. The molecule has 2 amide bonds. The van der Waals surface area contributed by atoms with E-state index in [9.17, 15) is 9.59 Å². The van der Waals surface area contributed by atoms with Gasteiger partial charge >= 0.3 is 0 Å². The number of benzene rings is 3. The van der Waals surface area contributed by atoms with Gasteiger partial charge in [-0.1, -0.05) is 60.1 Å². The molecule has 1 aliphatic rings. The number of anilines is 2. The van der Waals surface area contributed by atoms with Gasteiger partial charge in [-0.05, 0) is 60.3 Å². The van der Waals surface area contributed by atoms with Crippen molar-refractivity contribution in [2.75, 3.05) is 9.80 Å². The predicted octanol–water partition coefficient (Wildman–Crippen LogP) is 5.09. The molecule has 0 spiro atoms.